The largest absolute Gasteiger partial charge is 0.449 e. The summed E-state index contributed by atoms with van der Waals surface area (Å²) in [5, 5.41) is 13.4. The molecular weight excluding hydrogens is 224 g/mol. The second-order valence-corrected chi connectivity index (χ2v) is 3.66. The van der Waals surface area contributed by atoms with Gasteiger partial charge in [-0.2, -0.15) is 0 Å². The number of amides is 2. The molecular formula is C11H18N2O4. The monoisotopic (exact) mass is 242 g/mol. The van der Waals surface area contributed by atoms with Crippen LogP contribution in [-0.2, 0) is 9.53 Å². The van der Waals surface area contributed by atoms with Gasteiger partial charge in [-0.3, -0.25) is 10.1 Å². The van der Waals surface area contributed by atoms with E-state index < -0.39 is 12.0 Å². The molecule has 6 heteroatoms. The highest BCUT2D eigenvalue weighted by Crippen LogP contribution is 1.98. The number of carbonyl (C=O) groups is 2. The molecule has 6 nitrogen and oxygen atoms in total. The molecule has 0 spiro atoms. The summed E-state index contributed by atoms with van der Waals surface area (Å²) < 4.78 is 4.76. The fourth-order valence-electron chi connectivity index (χ4n) is 0.933. The zero-order valence-electron chi connectivity index (χ0n) is 10.2. The Morgan fingerprint density at radius 3 is 2.53 bits per heavy atom. The third kappa shape index (κ3) is 8.01. The normalized spacial score (nSPS) is 10.8. The number of unbranched alkanes of at least 4 members (excludes halogenated alkanes) is 1. The number of oxime groups is 1. The van der Waals surface area contributed by atoms with E-state index in [1.54, 1.807) is 6.92 Å². The number of nitrogens with one attached hydrogen (secondary N) is 1. The quantitative estimate of drug-likeness (QED) is 0.244. The van der Waals surface area contributed by atoms with Crippen molar-refractivity contribution in [1.29, 1.82) is 0 Å². The molecule has 0 unspecified atom stereocenters. The first kappa shape index (κ1) is 15.2. The molecule has 0 aromatic rings. The number of nitrogens with zero attached hydrogens (tertiary/aromatic N) is 1. The van der Waals surface area contributed by atoms with Gasteiger partial charge >= 0.3 is 6.09 Å². The van der Waals surface area contributed by atoms with E-state index in [1.165, 1.54) is 6.92 Å². The lowest BCUT2D eigenvalue weighted by molar-refractivity contribution is -0.116. The highest BCUT2D eigenvalue weighted by Gasteiger charge is 2.08. The third-order valence-electron chi connectivity index (χ3n) is 1.94. The number of imide groups is 1. The number of ether oxygens (including phenoxy) is 1. The molecule has 2 N–H and O–H groups in total. The molecule has 0 heterocycles. The summed E-state index contributed by atoms with van der Waals surface area (Å²) in [6, 6.07) is 0. The summed E-state index contributed by atoms with van der Waals surface area (Å²) in [6.07, 6.45) is 1.26. The van der Waals surface area contributed by atoms with Gasteiger partial charge in [-0.05, 0) is 33.1 Å². The van der Waals surface area contributed by atoms with Crippen LogP contribution in [0.25, 0.3) is 0 Å². The molecule has 0 aromatic heterocycles. The van der Waals surface area contributed by atoms with Crippen LogP contribution in [0.15, 0.2) is 17.3 Å². The minimum Gasteiger partial charge on any atom is -0.449 e. The van der Waals surface area contributed by atoms with Gasteiger partial charge in [-0.25, -0.2) is 4.79 Å². The maximum atomic E-state index is 11.1. The van der Waals surface area contributed by atoms with Crippen molar-refractivity contribution in [3.05, 3.63) is 12.2 Å². The Morgan fingerprint density at radius 1 is 1.35 bits per heavy atom. The lowest BCUT2D eigenvalue weighted by Gasteiger charge is -2.05. The molecule has 0 aliphatic heterocycles. The molecule has 0 aliphatic rings. The van der Waals surface area contributed by atoms with Crippen LogP contribution < -0.4 is 5.32 Å². The van der Waals surface area contributed by atoms with E-state index >= 15 is 0 Å². The van der Waals surface area contributed by atoms with Gasteiger partial charge in [0.25, 0.3) is 5.91 Å². The van der Waals surface area contributed by atoms with Gasteiger partial charge in [0.15, 0.2) is 0 Å². The van der Waals surface area contributed by atoms with Gasteiger partial charge in [0.1, 0.15) is 0 Å². The summed E-state index contributed by atoms with van der Waals surface area (Å²) in [5.41, 5.74) is 0.878. The van der Waals surface area contributed by atoms with Crippen molar-refractivity contribution in [3.63, 3.8) is 0 Å². The van der Waals surface area contributed by atoms with Crippen LogP contribution in [0.4, 0.5) is 4.79 Å². The standard InChI is InChI=1S/C11H18N2O4/c1-8(2)10(14)12-11(15)17-7-5-4-6-9(3)13-16/h16H,1,4-7H2,2-3H3,(H,12,14,15). The first-order valence-corrected chi connectivity index (χ1v) is 5.28. The van der Waals surface area contributed by atoms with Gasteiger partial charge in [-0.1, -0.05) is 11.7 Å². The molecule has 0 aromatic carbocycles. The molecule has 0 radical (unpaired) electrons. The predicted octanol–water partition coefficient (Wildman–Crippen LogP) is 1.84. The minimum atomic E-state index is -0.773. The van der Waals surface area contributed by atoms with Crippen molar-refractivity contribution >= 4 is 17.7 Å². The van der Waals surface area contributed by atoms with E-state index in [4.69, 9.17) is 9.94 Å². The van der Waals surface area contributed by atoms with Gasteiger partial charge < -0.3 is 9.94 Å². The first-order valence-electron chi connectivity index (χ1n) is 5.28. The summed E-state index contributed by atoms with van der Waals surface area (Å²) in [4.78, 5) is 22.1. The zero-order chi connectivity index (χ0) is 13.3. The number of hydrogen-bond acceptors (Lipinski definition) is 5. The molecule has 2 amide bonds. The van der Waals surface area contributed by atoms with Crippen LogP contribution in [0.2, 0.25) is 0 Å². The predicted molar refractivity (Wildman–Crippen MR) is 63.1 cm³/mol. The molecule has 0 atom stereocenters. The molecule has 0 fully saturated rings. The summed E-state index contributed by atoms with van der Waals surface area (Å²) in [6.45, 7) is 6.81. The molecule has 17 heavy (non-hydrogen) atoms. The Labute approximate surface area is 100 Å². The van der Waals surface area contributed by atoms with Gasteiger partial charge in [-0.15, -0.1) is 0 Å². The first-order chi connectivity index (χ1) is 7.97. The molecule has 0 rings (SSSR count). The topological polar surface area (TPSA) is 88.0 Å². The van der Waals surface area contributed by atoms with Crippen LogP contribution in [-0.4, -0.2) is 29.5 Å². The van der Waals surface area contributed by atoms with Crippen LogP contribution in [0.5, 0.6) is 0 Å². The van der Waals surface area contributed by atoms with Crippen molar-refractivity contribution < 1.29 is 19.5 Å². The third-order valence-corrected chi connectivity index (χ3v) is 1.94. The summed E-state index contributed by atoms with van der Waals surface area (Å²) in [7, 11) is 0. The Balaban J connectivity index is 3.59. The van der Waals surface area contributed by atoms with E-state index in [2.05, 4.69) is 11.7 Å². The second-order valence-electron chi connectivity index (χ2n) is 3.66. The Morgan fingerprint density at radius 2 is 2.00 bits per heavy atom. The number of alkyl carbamates (subject to hydrolysis) is 1. The van der Waals surface area contributed by atoms with Crippen molar-refractivity contribution in [2.45, 2.75) is 33.1 Å². The van der Waals surface area contributed by atoms with E-state index in [0.29, 0.717) is 18.6 Å². The molecule has 0 bridgehead atoms. The smallest absolute Gasteiger partial charge is 0.414 e. The van der Waals surface area contributed by atoms with E-state index in [-0.39, 0.29) is 12.2 Å². The van der Waals surface area contributed by atoms with E-state index in [0.717, 1.165) is 6.42 Å². The highest BCUT2D eigenvalue weighted by molar-refractivity contribution is 6.01. The average molecular weight is 242 g/mol. The molecule has 96 valence electrons. The van der Waals surface area contributed by atoms with Crippen molar-refractivity contribution in [2.75, 3.05) is 6.61 Å². The van der Waals surface area contributed by atoms with E-state index in [9.17, 15) is 9.59 Å². The highest BCUT2D eigenvalue weighted by atomic mass is 16.5. The van der Waals surface area contributed by atoms with Gasteiger partial charge in [0.05, 0.1) is 12.3 Å². The second kappa shape index (κ2) is 8.32. The summed E-state index contributed by atoms with van der Waals surface area (Å²) >= 11 is 0. The Kier molecular flexibility index (Phi) is 7.41. The van der Waals surface area contributed by atoms with Crippen LogP contribution in [0, 0.1) is 0 Å². The maximum absolute atomic E-state index is 11.1. The van der Waals surface area contributed by atoms with Crippen LogP contribution in [0.1, 0.15) is 33.1 Å². The Hall–Kier alpha value is -1.85. The lowest BCUT2D eigenvalue weighted by atomic mass is 10.2. The maximum Gasteiger partial charge on any atom is 0.414 e. The van der Waals surface area contributed by atoms with Gasteiger partial charge in [0.2, 0.25) is 0 Å². The summed E-state index contributed by atoms with van der Waals surface area (Å²) in [5.74, 6) is -0.543. The SMILES string of the molecule is C=C(C)C(=O)NC(=O)OCCCCC(C)=NO. The van der Waals surface area contributed by atoms with Crippen LogP contribution in [0.3, 0.4) is 0 Å². The number of hydrogen-bond donors (Lipinski definition) is 2. The number of rotatable bonds is 6. The minimum absolute atomic E-state index is 0.216. The molecule has 0 saturated carbocycles. The van der Waals surface area contributed by atoms with Gasteiger partial charge in [0, 0.05) is 5.57 Å². The Bertz CT molecular complexity index is 323. The lowest BCUT2D eigenvalue weighted by Crippen LogP contribution is -2.31. The van der Waals surface area contributed by atoms with Crippen molar-refractivity contribution in [2.24, 2.45) is 5.16 Å². The van der Waals surface area contributed by atoms with E-state index in [1.807, 2.05) is 5.32 Å². The number of carbonyl (C=O) groups excluding carboxylic acids is 2. The zero-order valence-corrected chi connectivity index (χ0v) is 10.2. The molecule has 0 saturated heterocycles. The fourth-order valence-corrected chi connectivity index (χ4v) is 0.933. The fraction of sp³-hybridized carbons (Fsp3) is 0.545. The molecule has 0 aliphatic carbocycles. The van der Waals surface area contributed by atoms with Crippen molar-refractivity contribution in [1.82, 2.24) is 5.32 Å². The van der Waals surface area contributed by atoms with Crippen molar-refractivity contribution in [3.8, 4) is 0 Å². The van der Waals surface area contributed by atoms with Crippen LogP contribution >= 0.6 is 0 Å². The average Bonchev–Trinajstić information content (AvgIpc) is 2.27.